The summed E-state index contributed by atoms with van der Waals surface area (Å²) in [5.41, 5.74) is 2.07. The van der Waals surface area contributed by atoms with Gasteiger partial charge in [0.2, 0.25) is 0 Å². The lowest BCUT2D eigenvalue weighted by Gasteiger charge is -2.20. The van der Waals surface area contributed by atoms with Gasteiger partial charge in [-0.2, -0.15) is 0 Å². The third kappa shape index (κ3) is 2.03. The molecule has 0 saturated carbocycles. The van der Waals surface area contributed by atoms with Gasteiger partial charge in [-0.05, 0) is 36.5 Å². The average molecular weight is 219 g/mol. The van der Waals surface area contributed by atoms with Gasteiger partial charge in [-0.25, -0.2) is 0 Å². The van der Waals surface area contributed by atoms with Gasteiger partial charge in [0, 0.05) is 0 Å². The Hall–Kier alpha value is -1.51. The number of carbonyl (C=O) groups excluding carboxylic acids is 1. The second-order valence-corrected chi connectivity index (χ2v) is 4.11. The molecule has 86 valence electrons. The van der Waals surface area contributed by atoms with Crippen molar-refractivity contribution in [3.8, 4) is 5.75 Å². The van der Waals surface area contributed by atoms with Crippen molar-refractivity contribution in [1.29, 1.82) is 0 Å². The monoisotopic (exact) mass is 219 g/mol. The molecular weight excluding hydrogens is 202 g/mol. The zero-order valence-corrected chi connectivity index (χ0v) is 9.75. The maximum Gasteiger partial charge on any atom is 0.262 e. The maximum absolute atomic E-state index is 11.1. The largest absolute Gasteiger partial charge is 0.482 e. The Labute approximate surface area is 95.8 Å². The minimum Gasteiger partial charge on any atom is -0.482 e. The number of hydrogen-bond acceptors (Lipinski definition) is 2. The van der Waals surface area contributed by atoms with E-state index in [1.165, 1.54) is 5.56 Å². The van der Waals surface area contributed by atoms with E-state index in [0.29, 0.717) is 5.92 Å². The SMILES string of the molecule is CCC(CC)c1ccc2c(c1)OCC(=O)N2. The first-order chi connectivity index (χ1) is 7.74. The lowest BCUT2D eigenvalue weighted by Crippen LogP contribution is -2.25. The van der Waals surface area contributed by atoms with Crippen LogP contribution in [0.1, 0.15) is 38.2 Å². The van der Waals surface area contributed by atoms with Gasteiger partial charge in [0.1, 0.15) is 5.75 Å². The Morgan fingerprint density at radius 1 is 1.38 bits per heavy atom. The zero-order valence-electron chi connectivity index (χ0n) is 9.75. The van der Waals surface area contributed by atoms with Gasteiger partial charge in [0.15, 0.2) is 6.61 Å². The molecule has 1 N–H and O–H groups in total. The van der Waals surface area contributed by atoms with Crippen LogP contribution in [-0.2, 0) is 4.79 Å². The lowest BCUT2D eigenvalue weighted by atomic mass is 9.93. The lowest BCUT2D eigenvalue weighted by molar-refractivity contribution is -0.118. The van der Waals surface area contributed by atoms with E-state index in [0.717, 1.165) is 24.3 Å². The molecule has 3 heteroatoms. The van der Waals surface area contributed by atoms with Crippen molar-refractivity contribution in [2.45, 2.75) is 32.6 Å². The van der Waals surface area contributed by atoms with Gasteiger partial charge in [0.25, 0.3) is 5.91 Å². The molecule has 1 amide bonds. The van der Waals surface area contributed by atoms with Crippen molar-refractivity contribution >= 4 is 11.6 Å². The first-order valence-corrected chi connectivity index (χ1v) is 5.81. The predicted molar refractivity (Wildman–Crippen MR) is 63.9 cm³/mol. The average Bonchev–Trinajstić information content (AvgIpc) is 2.31. The Morgan fingerprint density at radius 3 is 2.81 bits per heavy atom. The molecule has 0 bridgehead atoms. The standard InChI is InChI=1S/C13H17NO2/c1-3-9(4-2)10-5-6-11-12(7-10)16-8-13(15)14-11/h5-7,9H,3-4,8H2,1-2H3,(H,14,15). The third-order valence-corrected chi connectivity index (χ3v) is 3.10. The summed E-state index contributed by atoms with van der Waals surface area (Å²) in [6.07, 6.45) is 2.25. The summed E-state index contributed by atoms with van der Waals surface area (Å²) >= 11 is 0. The number of anilines is 1. The summed E-state index contributed by atoms with van der Waals surface area (Å²) in [4.78, 5) is 11.1. The number of ether oxygens (including phenoxy) is 1. The Balaban J connectivity index is 2.28. The topological polar surface area (TPSA) is 38.3 Å². The van der Waals surface area contributed by atoms with Crippen LogP contribution >= 0.6 is 0 Å². The Kier molecular flexibility index (Phi) is 3.13. The van der Waals surface area contributed by atoms with Gasteiger partial charge in [-0.15, -0.1) is 0 Å². The molecule has 2 rings (SSSR count). The minimum absolute atomic E-state index is 0.0808. The van der Waals surface area contributed by atoms with Crippen LogP contribution in [-0.4, -0.2) is 12.5 Å². The van der Waals surface area contributed by atoms with Crippen LogP contribution in [0.15, 0.2) is 18.2 Å². The zero-order chi connectivity index (χ0) is 11.5. The molecular formula is C13H17NO2. The van der Waals surface area contributed by atoms with Crippen LogP contribution in [0.2, 0.25) is 0 Å². The van der Waals surface area contributed by atoms with Crippen molar-refractivity contribution in [3.05, 3.63) is 23.8 Å². The number of benzene rings is 1. The van der Waals surface area contributed by atoms with Crippen LogP contribution < -0.4 is 10.1 Å². The van der Waals surface area contributed by atoms with Gasteiger partial charge in [-0.1, -0.05) is 19.9 Å². The first kappa shape index (κ1) is 11.0. The molecule has 1 aromatic rings. The summed E-state index contributed by atoms with van der Waals surface area (Å²) in [6.45, 7) is 4.51. The summed E-state index contributed by atoms with van der Waals surface area (Å²) in [5, 5.41) is 2.80. The molecule has 1 aromatic carbocycles. The molecule has 0 saturated heterocycles. The molecule has 0 fully saturated rings. The molecule has 0 radical (unpaired) electrons. The molecule has 0 atom stereocenters. The van der Waals surface area contributed by atoms with Crippen LogP contribution in [0.5, 0.6) is 5.75 Å². The predicted octanol–water partition coefficient (Wildman–Crippen LogP) is 2.92. The number of fused-ring (bicyclic) bond motifs is 1. The molecule has 0 spiro atoms. The van der Waals surface area contributed by atoms with E-state index in [-0.39, 0.29) is 12.5 Å². The van der Waals surface area contributed by atoms with E-state index in [1.807, 2.05) is 12.1 Å². The van der Waals surface area contributed by atoms with Crippen LogP contribution in [0.4, 0.5) is 5.69 Å². The number of nitrogens with one attached hydrogen (secondary N) is 1. The Bertz CT molecular complexity index is 397. The van der Waals surface area contributed by atoms with Crippen molar-refractivity contribution in [2.75, 3.05) is 11.9 Å². The summed E-state index contributed by atoms with van der Waals surface area (Å²) in [7, 11) is 0. The van der Waals surface area contributed by atoms with E-state index in [1.54, 1.807) is 0 Å². The first-order valence-electron chi connectivity index (χ1n) is 5.81. The van der Waals surface area contributed by atoms with Crippen LogP contribution in [0.25, 0.3) is 0 Å². The van der Waals surface area contributed by atoms with Crippen LogP contribution in [0, 0.1) is 0 Å². The number of rotatable bonds is 3. The fourth-order valence-electron chi connectivity index (χ4n) is 2.11. The van der Waals surface area contributed by atoms with Gasteiger partial charge in [-0.3, -0.25) is 4.79 Å². The molecule has 0 aromatic heterocycles. The minimum atomic E-state index is -0.0808. The van der Waals surface area contributed by atoms with Crippen molar-refractivity contribution in [2.24, 2.45) is 0 Å². The van der Waals surface area contributed by atoms with Crippen molar-refractivity contribution in [1.82, 2.24) is 0 Å². The fourth-order valence-corrected chi connectivity index (χ4v) is 2.11. The molecule has 3 nitrogen and oxygen atoms in total. The van der Waals surface area contributed by atoms with E-state index in [2.05, 4.69) is 25.2 Å². The van der Waals surface area contributed by atoms with Crippen molar-refractivity contribution in [3.63, 3.8) is 0 Å². The highest BCUT2D eigenvalue weighted by Gasteiger charge is 2.17. The maximum atomic E-state index is 11.1. The molecule has 0 unspecified atom stereocenters. The number of hydrogen-bond donors (Lipinski definition) is 1. The summed E-state index contributed by atoms with van der Waals surface area (Å²) < 4.78 is 5.40. The molecule has 1 aliphatic rings. The smallest absolute Gasteiger partial charge is 0.262 e. The molecule has 1 heterocycles. The number of amides is 1. The molecule has 16 heavy (non-hydrogen) atoms. The molecule has 1 aliphatic heterocycles. The normalized spacial score (nSPS) is 14.3. The van der Waals surface area contributed by atoms with E-state index >= 15 is 0 Å². The fraction of sp³-hybridized carbons (Fsp3) is 0.462. The Morgan fingerprint density at radius 2 is 2.12 bits per heavy atom. The van der Waals surface area contributed by atoms with E-state index < -0.39 is 0 Å². The van der Waals surface area contributed by atoms with Crippen LogP contribution in [0.3, 0.4) is 0 Å². The summed E-state index contributed by atoms with van der Waals surface area (Å²) in [6, 6.07) is 6.05. The molecule has 0 aliphatic carbocycles. The quantitative estimate of drug-likeness (QED) is 0.848. The third-order valence-electron chi connectivity index (χ3n) is 3.10. The highest BCUT2D eigenvalue weighted by atomic mass is 16.5. The van der Waals surface area contributed by atoms with Gasteiger partial charge in [0.05, 0.1) is 5.69 Å². The van der Waals surface area contributed by atoms with Gasteiger partial charge >= 0.3 is 0 Å². The summed E-state index contributed by atoms with van der Waals surface area (Å²) in [5.74, 6) is 1.29. The van der Waals surface area contributed by atoms with E-state index in [4.69, 9.17) is 4.74 Å². The number of carbonyl (C=O) groups is 1. The second kappa shape index (κ2) is 4.56. The van der Waals surface area contributed by atoms with E-state index in [9.17, 15) is 4.79 Å². The van der Waals surface area contributed by atoms with Gasteiger partial charge < -0.3 is 10.1 Å². The van der Waals surface area contributed by atoms with Crippen molar-refractivity contribution < 1.29 is 9.53 Å². The highest BCUT2D eigenvalue weighted by molar-refractivity contribution is 5.95. The second-order valence-electron chi connectivity index (χ2n) is 4.11. The highest BCUT2D eigenvalue weighted by Crippen LogP contribution is 2.33.